The highest BCUT2D eigenvalue weighted by atomic mass is 16.5. The monoisotopic (exact) mass is 268 g/mol. The van der Waals surface area contributed by atoms with Crippen molar-refractivity contribution in [2.45, 2.75) is 12.5 Å². The summed E-state index contributed by atoms with van der Waals surface area (Å²) in [7, 11) is 1.64. The molecule has 102 valence electrons. The standard InChI is InChI=1S/C17H16O3/c1-19-13-8-6-12(7-9-13)10-16(18)15-11-20-17-5-3-2-4-14(15)17/h2-9,11,16,18H,10H2,1H3. The second-order valence-corrected chi connectivity index (χ2v) is 4.76. The Kier molecular flexibility index (Phi) is 3.44. The molecule has 0 aliphatic carbocycles. The van der Waals surface area contributed by atoms with Gasteiger partial charge in [-0.2, -0.15) is 0 Å². The van der Waals surface area contributed by atoms with Crippen LogP contribution >= 0.6 is 0 Å². The molecule has 3 rings (SSSR count). The third-order valence-corrected chi connectivity index (χ3v) is 3.46. The Bertz CT molecular complexity index is 698. The van der Waals surface area contributed by atoms with Crippen LogP contribution in [0.1, 0.15) is 17.2 Å². The van der Waals surface area contributed by atoms with Crippen LogP contribution in [0.4, 0.5) is 0 Å². The van der Waals surface area contributed by atoms with Gasteiger partial charge in [0.05, 0.1) is 19.5 Å². The van der Waals surface area contributed by atoms with E-state index in [1.165, 1.54) is 0 Å². The summed E-state index contributed by atoms with van der Waals surface area (Å²) in [5.41, 5.74) is 2.69. The van der Waals surface area contributed by atoms with Crippen LogP contribution in [0, 0.1) is 0 Å². The molecule has 1 heterocycles. The Morgan fingerprint density at radius 2 is 1.85 bits per heavy atom. The van der Waals surface area contributed by atoms with Crippen LogP contribution in [-0.2, 0) is 6.42 Å². The van der Waals surface area contributed by atoms with Gasteiger partial charge in [-0.05, 0) is 23.8 Å². The molecule has 0 radical (unpaired) electrons. The third kappa shape index (κ3) is 2.40. The molecule has 0 saturated heterocycles. The average molecular weight is 268 g/mol. The third-order valence-electron chi connectivity index (χ3n) is 3.46. The Morgan fingerprint density at radius 3 is 2.60 bits per heavy atom. The fraction of sp³-hybridized carbons (Fsp3) is 0.176. The summed E-state index contributed by atoms with van der Waals surface area (Å²) < 4.78 is 10.6. The van der Waals surface area contributed by atoms with Crippen LogP contribution in [0.3, 0.4) is 0 Å². The molecule has 3 aromatic rings. The molecular formula is C17H16O3. The zero-order chi connectivity index (χ0) is 13.9. The van der Waals surface area contributed by atoms with Gasteiger partial charge in [-0.1, -0.05) is 30.3 Å². The summed E-state index contributed by atoms with van der Waals surface area (Å²) in [6.45, 7) is 0. The van der Waals surface area contributed by atoms with Crippen molar-refractivity contribution in [1.82, 2.24) is 0 Å². The molecule has 0 aliphatic heterocycles. The van der Waals surface area contributed by atoms with Crippen molar-refractivity contribution in [3.63, 3.8) is 0 Å². The van der Waals surface area contributed by atoms with Gasteiger partial charge in [0, 0.05) is 17.4 Å². The molecule has 2 aromatic carbocycles. The van der Waals surface area contributed by atoms with E-state index in [4.69, 9.17) is 9.15 Å². The molecule has 1 N–H and O–H groups in total. The Hall–Kier alpha value is -2.26. The first-order valence-corrected chi connectivity index (χ1v) is 6.55. The summed E-state index contributed by atoms with van der Waals surface area (Å²) in [4.78, 5) is 0. The maximum Gasteiger partial charge on any atom is 0.134 e. The van der Waals surface area contributed by atoms with Gasteiger partial charge in [-0.15, -0.1) is 0 Å². The van der Waals surface area contributed by atoms with Gasteiger partial charge in [0.2, 0.25) is 0 Å². The fourth-order valence-corrected chi connectivity index (χ4v) is 2.35. The number of ether oxygens (including phenoxy) is 1. The number of rotatable bonds is 4. The van der Waals surface area contributed by atoms with E-state index in [2.05, 4.69) is 0 Å². The molecule has 0 saturated carbocycles. The number of fused-ring (bicyclic) bond motifs is 1. The van der Waals surface area contributed by atoms with Gasteiger partial charge >= 0.3 is 0 Å². The maximum absolute atomic E-state index is 10.4. The van der Waals surface area contributed by atoms with E-state index >= 15 is 0 Å². The summed E-state index contributed by atoms with van der Waals surface area (Å²) in [6, 6.07) is 15.5. The Balaban J connectivity index is 1.83. The number of benzene rings is 2. The Morgan fingerprint density at radius 1 is 1.10 bits per heavy atom. The largest absolute Gasteiger partial charge is 0.497 e. The highest BCUT2D eigenvalue weighted by molar-refractivity contribution is 5.81. The van der Waals surface area contributed by atoms with Gasteiger partial charge in [0.15, 0.2) is 0 Å². The van der Waals surface area contributed by atoms with Crippen molar-refractivity contribution >= 4 is 11.0 Å². The first-order valence-electron chi connectivity index (χ1n) is 6.55. The second kappa shape index (κ2) is 5.39. The summed E-state index contributed by atoms with van der Waals surface area (Å²) >= 11 is 0. The molecule has 1 unspecified atom stereocenters. The number of aliphatic hydroxyl groups excluding tert-OH is 1. The minimum absolute atomic E-state index is 0.549. The maximum atomic E-state index is 10.4. The van der Waals surface area contributed by atoms with Gasteiger partial charge in [-0.25, -0.2) is 0 Å². The van der Waals surface area contributed by atoms with E-state index in [-0.39, 0.29) is 0 Å². The molecule has 0 fully saturated rings. The number of hydrogen-bond acceptors (Lipinski definition) is 3. The van der Waals surface area contributed by atoms with Crippen LogP contribution in [0.2, 0.25) is 0 Å². The van der Waals surface area contributed by atoms with Crippen LogP contribution in [0.5, 0.6) is 5.75 Å². The van der Waals surface area contributed by atoms with Gasteiger partial charge in [0.25, 0.3) is 0 Å². The van der Waals surface area contributed by atoms with Crippen LogP contribution in [-0.4, -0.2) is 12.2 Å². The number of methoxy groups -OCH3 is 1. The van der Waals surface area contributed by atoms with Crippen LogP contribution in [0.15, 0.2) is 59.2 Å². The molecule has 1 aromatic heterocycles. The van der Waals surface area contributed by atoms with E-state index in [9.17, 15) is 5.11 Å². The van der Waals surface area contributed by atoms with Gasteiger partial charge in [0.1, 0.15) is 11.3 Å². The van der Waals surface area contributed by atoms with E-state index in [0.29, 0.717) is 6.42 Å². The van der Waals surface area contributed by atoms with E-state index < -0.39 is 6.10 Å². The lowest BCUT2D eigenvalue weighted by molar-refractivity contribution is 0.179. The molecule has 0 spiro atoms. The zero-order valence-electron chi connectivity index (χ0n) is 11.2. The molecule has 3 nitrogen and oxygen atoms in total. The highest BCUT2D eigenvalue weighted by Gasteiger charge is 2.14. The molecule has 3 heteroatoms. The molecule has 0 bridgehead atoms. The van der Waals surface area contributed by atoms with E-state index in [1.807, 2.05) is 48.5 Å². The number of furan rings is 1. The summed E-state index contributed by atoms with van der Waals surface area (Å²) in [5, 5.41) is 11.4. The second-order valence-electron chi connectivity index (χ2n) is 4.76. The fourth-order valence-electron chi connectivity index (χ4n) is 2.35. The minimum atomic E-state index is -0.577. The lowest BCUT2D eigenvalue weighted by Crippen LogP contribution is -2.01. The first-order chi connectivity index (χ1) is 9.78. The van der Waals surface area contributed by atoms with Crippen molar-refractivity contribution in [3.05, 3.63) is 65.9 Å². The molecule has 20 heavy (non-hydrogen) atoms. The SMILES string of the molecule is COc1ccc(CC(O)c2coc3ccccc23)cc1. The minimum Gasteiger partial charge on any atom is -0.497 e. The lowest BCUT2D eigenvalue weighted by Gasteiger charge is -2.09. The summed E-state index contributed by atoms with van der Waals surface area (Å²) in [6.07, 6.45) is 1.61. The van der Waals surface area contributed by atoms with Crippen molar-refractivity contribution in [2.24, 2.45) is 0 Å². The van der Waals surface area contributed by atoms with Crippen LogP contribution < -0.4 is 4.74 Å². The van der Waals surface area contributed by atoms with Crippen molar-refractivity contribution in [1.29, 1.82) is 0 Å². The lowest BCUT2D eigenvalue weighted by atomic mass is 10.0. The van der Waals surface area contributed by atoms with Crippen molar-refractivity contribution in [3.8, 4) is 5.75 Å². The predicted octanol–water partition coefficient (Wildman–Crippen LogP) is 3.72. The predicted molar refractivity (Wildman–Crippen MR) is 77.9 cm³/mol. The van der Waals surface area contributed by atoms with Crippen molar-refractivity contribution < 1.29 is 14.3 Å². The zero-order valence-corrected chi connectivity index (χ0v) is 11.2. The average Bonchev–Trinajstić information content (AvgIpc) is 2.92. The molecular weight excluding hydrogens is 252 g/mol. The summed E-state index contributed by atoms with van der Waals surface area (Å²) in [5.74, 6) is 0.817. The van der Waals surface area contributed by atoms with Crippen molar-refractivity contribution in [2.75, 3.05) is 7.11 Å². The van der Waals surface area contributed by atoms with Crippen LogP contribution in [0.25, 0.3) is 11.0 Å². The van der Waals surface area contributed by atoms with E-state index in [0.717, 1.165) is 27.8 Å². The first kappa shape index (κ1) is 12.8. The molecule has 1 atom stereocenters. The van der Waals surface area contributed by atoms with E-state index in [1.54, 1.807) is 13.4 Å². The number of hydrogen-bond donors (Lipinski definition) is 1. The van der Waals surface area contributed by atoms with Gasteiger partial charge < -0.3 is 14.3 Å². The normalized spacial score (nSPS) is 12.5. The quantitative estimate of drug-likeness (QED) is 0.784. The number of aliphatic hydroxyl groups is 1. The number of para-hydroxylation sites is 1. The Labute approximate surface area is 117 Å². The molecule has 0 aliphatic rings. The molecule has 0 amide bonds. The topological polar surface area (TPSA) is 42.6 Å². The smallest absolute Gasteiger partial charge is 0.134 e. The van der Waals surface area contributed by atoms with Gasteiger partial charge in [-0.3, -0.25) is 0 Å². The highest BCUT2D eigenvalue weighted by Crippen LogP contribution is 2.28.